The van der Waals surface area contributed by atoms with Gasteiger partial charge >= 0.3 is 0 Å². The van der Waals surface area contributed by atoms with Crippen molar-refractivity contribution in [2.45, 2.75) is 22.3 Å². The molecule has 2 aliphatic heterocycles. The molecule has 4 nitrogen and oxygen atoms in total. The summed E-state index contributed by atoms with van der Waals surface area (Å²) in [4.78, 5) is 7.67. The van der Waals surface area contributed by atoms with Crippen LogP contribution < -0.4 is 9.47 Å². The number of rotatable bonds is 3. The lowest BCUT2D eigenvalue weighted by Crippen LogP contribution is -2.46. The molecule has 2 aromatic rings. The predicted molar refractivity (Wildman–Crippen MR) is 106 cm³/mol. The first-order valence-corrected chi connectivity index (χ1v) is 9.95. The molecular weight excluding hydrogens is 344 g/mol. The topological polar surface area (TPSA) is 24.9 Å². The maximum atomic E-state index is 5.53. The molecule has 1 saturated heterocycles. The first-order chi connectivity index (χ1) is 12.7. The minimum absolute atomic E-state index is 0.385. The average Bonchev–Trinajstić information content (AvgIpc) is 2.84. The van der Waals surface area contributed by atoms with Crippen LogP contribution in [0.1, 0.15) is 17.2 Å². The van der Waals surface area contributed by atoms with Gasteiger partial charge in [0.25, 0.3) is 0 Å². The van der Waals surface area contributed by atoms with Gasteiger partial charge in [0.15, 0.2) is 0 Å². The maximum absolute atomic E-state index is 5.53. The smallest absolute Gasteiger partial charge is 0.120 e. The van der Waals surface area contributed by atoms with Gasteiger partial charge in [-0.15, -0.1) is 0 Å². The van der Waals surface area contributed by atoms with Crippen molar-refractivity contribution in [3.63, 3.8) is 0 Å². The van der Waals surface area contributed by atoms with Crippen LogP contribution in [-0.2, 0) is 6.42 Å². The molecular formula is C21H26N2O2S. The number of likely N-dealkylation sites (N-methyl/N-ethyl adjacent to an activating group) is 1. The second kappa shape index (κ2) is 7.51. The highest BCUT2D eigenvalue weighted by atomic mass is 32.2. The van der Waals surface area contributed by atoms with Crippen LogP contribution in [0, 0.1) is 0 Å². The van der Waals surface area contributed by atoms with Crippen molar-refractivity contribution in [1.29, 1.82) is 0 Å². The quantitative estimate of drug-likeness (QED) is 0.820. The number of hydrogen-bond acceptors (Lipinski definition) is 5. The fourth-order valence-electron chi connectivity index (χ4n) is 3.83. The van der Waals surface area contributed by atoms with Gasteiger partial charge in [-0.1, -0.05) is 17.8 Å². The summed E-state index contributed by atoms with van der Waals surface area (Å²) < 4.78 is 11.0. The monoisotopic (exact) mass is 370 g/mol. The summed E-state index contributed by atoms with van der Waals surface area (Å²) in [6.45, 7) is 4.46. The zero-order valence-electron chi connectivity index (χ0n) is 15.7. The molecule has 0 amide bonds. The van der Waals surface area contributed by atoms with E-state index in [0.29, 0.717) is 6.04 Å². The molecule has 0 unspecified atom stereocenters. The Hall–Kier alpha value is -1.69. The van der Waals surface area contributed by atoms with Crippen LogP contribution in [0.2, 0.25) is 0 Å². The van der Waals surface area contributed by atoms with E-state index in [1.807, 2.05) is 11.8 Å². The predicted octanol–water partition coefficient (Wildman–Crippen LogP) is 3.70. The molecule has 2 aromatic carbocycles. The van der Waals surface area contributed by atoms with Crippen LogP contribution in [-0.4, -0.2) is 57.2 Å². The summed E-state index contributed by atoms with van der Waals surface area (Å²) in [5, 5.41) is 0. The first kappa shape index (κ1) is 17.7. The van der Waals surface area contributed by atoms with E-state index in [0.717, 1.165) is 44.1 Å². The van der Waals surface area contributed by atoms with Gasteiger partial charge in [0.2, 0.25) is 0 Å². The third-order valence-electron chi connectivity index (χ3n) is 5.46. The van der Waals surface area contributed by atoms with Crippen LogP contribution in [0.25, 0.3) is 0 Å². The van der Waals surface area contributed by atoms with E-state index in [1.165, 1.54) is 20.9 Å². The average molecular weight is 371 g/mol. The van der Waals surface area contributed by atoms with Gasteiger partial charge in [-0.05, 0) is 54.9 Å². The number of ether oxygens (including phenoxy) is 2. The van der Waals surface area contributed by atoms with Gasteiger partial charge in [-0.25, -0.2) is 0 Å². The summed E-state index contributed by atoms with van der Waals surface area (Å²) in [6.07, 6.45) is 1.02. The number of benzene rings is 2. The van der Waals surface area contributed by atoms with E-state index in [1.54, 1.807) is 14.2 Å². The fourth-order valence-corrected chi connectivity index (χ4v) is 4.97. The Kier molecular flexibility index (Phi) is 5.11. The molecule has 2 aliphatic rings. The lowest BCUT2D eigenvalue weighted by atomic mass is 9.96. The van der Waals surface area contributed by atoms with Crippen molar-refractivity contribution in [3.05, 3.63) is 47.5 Å². The maximum Gasteiger partial charge on any atom is 0.120 e. The Bertz CT molecular complexity index is 788. The van der Waals surface area contributed by atoms with Crippen molar-refractivity contribution in [2.75, 3.05) is 47.4 Å². The number of piperazine rings is 1. The minimum Gasteiger partial charge on any atom is -0.497 e. The van der Waals surface area contributed by atoms with Gasteiger partial charge in [0, 0.05) is 42.0 Å². The van der Waals surface area contributed by atoms with Gasteiger partial charge < -0.3 is 14.4 Å². The molecule has 0 radical (unpaired) electrons. The van der Waals surface area contributed by atoms with Crippen molar-refractivity contribution >= 4 is 11.8 Å². The van der Waals surface area contributed by atoms with Crippen LogP contribution in [0.4, 0.5) is 0 Å². The van der Waals surface area contributed by atoms with Crippen LogP contribution in [0.3, 0.4) is 0 Å². The summed E-state index contributed by atoms with van der Waals surface area (Å²) in [6, 6.07) is 13.4. The molecule has 1 fully saturated rings. The molecule has 0 saturated carbocycles. The zero-order valence-corrected chi connectivity index (χ0v) is 16.5. The SMILES string of the molecule is COc1ccc2c(c1)Sc1ccc(OC)cc1[C@H](N1CCN(C)CC1)C2. The van der Waals surface area contributed by atoms with Crippen LogP contribution in [0.15, 0.2) is 46.2 Å². The summed E-state index contributed by atoms with van der Waals surface area (Å²) in [5.41, 5.74) is 2.78. The molecule has 2 heterocycles. The molecule has 1 atom stereocenters. The van der Waals surface area contributed by atoms with Crippen molar-refractivity contribution in [3.8, 4) is 11.5 Å². The molecule has 0 N–H and O–H groups in total. The van der Waals surface area contributed by atoms with Gasteiger partial charge in [-0.3, -0.25) is 4.90 Å². The Morgan fingerprint density at radius 3 is 2.31 bits per heavy atom. The minimum atomic E-state index is 0.385. The van der Waals surface area contributed by atoms with Crippen molar-refractivity contribution in [1.82, 2.24) is 9.80 Å². The third kappa shape index (κ3) is 3.43. The normalized spacial score (nSPS) is 20.8. The van der Waals surface area contributed by atoms with E-state index < -0.39 is 0 Å². The first-order valence-electron chi connectivity index (χ1n) is 9.13. The van der Waals surface area contributed by atoms with Gasteiger partial charge in [0.05, 0.1) is 14.2 Å². The lowest BCUT2D eigenvalue weighted by Gasteiger charge is -2.38. The molecule has 0 bridgehead atoms. The molecule has 0 spiro atoms. The Morgan fingerprint density at radius 1 is 0.885 bits per heavy atom. The molecule has 0 aliphatic carbocycles. The van der Waals surface area contributed by atoms with Crippen LogP contribution >= 0.6 is 11.8 Å². The van der Waals surface area contributed by atoms with Gasteiger partial charge in [-0.2, -0.15) is 0 Å². The largest absolute Gasteiger partial charge is 0.497 e. The standard InChI is InChI=1S/C21H26N2O2S/c1-22-8-10-23(11-9-22)19-12-15-4-5-17(25-3)14-21(15)26-20-7-6-16(24-2)13-18(19)20/h4-7,13-14,19H,8-12H2,1-3H3/t19-/m1/s1. The second-order valence-corrected chi connectivity index (χ2v) is 8.12. The number of hydrogen-bond donors (Lipinski definition) is 0. The van der Waals surface area contributed by atoms with E-state index in [-0.39, 0.29) is 0 Å². The van der Waals surface area contributed by atoms with E-state index in [4.69, 9.17) is 9.47 Å². The number of methoxy groups -OCH3 is 2. The molecule has 4 rings (SSSR count). The van der Waals surface area contributed by atoms with E-state index >= 15 is 0 Å². The lowest BCUT2D eigenvalue weighted by molar-refractivity contribution is 0.109. The Balaban J connectivity index is 1.76. The zero-order chi connectivity index (χ0) is 18.1. The Morgan fingerprint density at radius 2 is 1.58 bits per heavy atom. The second-order valence-electron chi connectivity index (χ2n) is 7.04. The number of nitrogens with zero attached hydrogens (tertiary/aromatic N) is 2. The molecule has 26 heavy (non-hydrogen) atoms. The summed E-state index contributed by atoms with van der Waals surface area (Å²) in [5.74, 6) is 1.86. The van der Waals surface area contributed by atoms with Crippen molar-refractivity contribution in [2.24, 2.45) is 0 Å². The molecule has 138 valence electrons. The number of fused-ring (bicyclic) bond motifs is 2. The molecule has 0 aromatic heterocycles. The third-order valence-corrected chi connectivity index (χ3v) is 6.65. The summed E-state index contributed by atoms with van der Waals surface area (Å²) >= 11 is 1.85. The summed E-state index contributed by atoms with van der Waals surface area (Å²) in [7, 11) is 5.68. The van der Waals surface area contributed by atoms with Crippen LogP contribution in [0.5, 0.6) is 11.5 Å². The fraction of sp³-hybridized carbons (Fsp3) is 0.429. The Labute approximate surface area is 160 Å². The van der Waals surface area contributed by atoms with E-state index in [2.05, 4.69) is 53.2 Å². The highest BCUT2D eigenvalue weighted by Gasteiger charge is 2.30. The highest BCUT2D eigenvalue weighted by Crippen LogP contribution is 2.45. The highest BCUT2D eigenvalue weighted by molar-refractivity contribution is 7.99. The van der Waals surface area contributed by atoms with Gasteiger partial charge in [0.1, 0.15) is 11.5 Å². The van der Waals surface area contributed by atoms with E-state index in [9.17, 15) is 0 Å². The molecule has 5 heteroatoms. The van der Waals surface area contributed by atoms with Crippen molar-refractivity contribution < 1.29 is 9.47 Å².